The largest absolute Gasteiger partial charge is 0.478 e. The molecule has 0 aliphatic heterocycles. The van der Waals surface area contributed by atoms with Gasteiger partial charge in [-0.1, -0.05) is 54.1 Å². The Morgan fingerprint density at radius 1 is 1.03 bits per heavy atom. The van der Waals surface area contributed by atoms with Crippen LogP contribution < -0.4 is 5.32 Å². The molecule has 196 valence electrons. The molecule has 0 spiro atoms. The number of carbonyl (C=O) groups is 2. The van der Waals surface area contributed by atoms with Crippen molar-refractivity contribution in [1.82, 2.24) is 14.9 Å². The molecule has 0 aliphatic carbocycles. The summed E-state index contributed by atoms with van der Waals surface area (Å²) in [7, 11) is 0. The number of carbonyl (C=O) groups excluding carboxylic acids is 1. The van der Waals surface area contributed by atoms with Gasteiger partial charge >= 0.3 is 5.97 Å². The molecule has 0 radical (unpaired) electrons. The Kier molecular flexibility index (Phi) is 7.22. The lowest BCUT2D eigenvalue weighted by molar-refractivity contribution is 0.0697. The number of benzene rings is 3. The van der Waals surface area contributed by atoms with E-state index in [1.165, 1.54) is 0 Å². The molecule has 0 saturated heterocycles. The number of fused-ring (bicyclic) bond motifs is 1. The number of hydrogen-bond acceptors (Lipinski definition) is 3. The highest BCUT2D eigenvalue weighted by molar-refractivity contribution is 6.31. The van der Waals surface area contributed by atoms with Crippen molar-refractivity contribution in [2.45, 2.75) is 33.4 Å². The predicted molar refractivity (Wildman–Crippen MR) is 154 cm³/mol. The van der Waals surface area contributed by atoms with E-state index in [1.54, 1.807) is 24.5 Å². The van der Waals surface area contributed by atoms with Crippen LogP contribution in [0.4, 0.5) is 0 Å². The summed E-state index contributed by atoms with van der Waals surface area (Å²) in [6, 6.07) is 22.3. The van der Waals surface area contributed by atoms with Gasteiger partial charge < -0.3 is 15.0 Å². The smallest absolute Gasteiger partial charge is 0.336 e. The monoisotopic (exact) mass is 537 g/mol. The van der Waals surface area contributed by atoms with Crippen molar-refractivity contribution in [2.75, 3.05) is 0 Å². The summed E-state index contributed by atoms with van der Waals surface area (Å²) in [6.07, 6.45) is 3.23. The predicted octanol–water partition coefficient (Wildman–Crippen LogP) is 7.21. The number of nitrogens with zero attached hydrogens (tertiary/aromatic N) is 2. The van der Waals surface area contributed by atoms with Gasteiger partial charge in [-0.25, -0.2) is 4.79 Å². The number of amides is 1. The molecule has 2 N–H and O–H groups in total. The molecule has 2 heterocycles. The van der Waals surface area contributed by atoms with Crippen LogP contribution >= 0.6 is 11.6 Å². The molecule has 3 aromatic carbocycles. The van der Waals surface area contributed by atoms with Gasteiger partial charge in [0.2, 0.25) is 0 Å². The van der Waals surface area contributed by atoms with Crippen molar-refractivity contribution in [3.63, 3.8) is 0 Å². The average Bonchev–Trinajstić information content (AvgIpc) is 3.17. The first-order valence-corrected chi connectivity index (χ1v) is 13.0. The molecule has 0 bridgehead atoms. The number of aromatic carboxylic acids is 1. The van der Waals surface area contributed by atoms with E-state index < -0.39 is 5.97 Å². The minimum absolute atomic E-state index is 0.167. The number of hydrogen-bond donors (Lipinski definition) is 2. The van der Waals surface area contributed by atoms with Crippen LogP contribution in [0.15, 0.2) is 85.2 Å². The van der Waals surface area contributed by atoms with Crippen LogP contribution in [0.5, 0.6) is 0 Å². The minimum Gasteiger partial charge on any atom is -0.478 e. The van der Waals surface area contributed by atoms with Crippen molar-refractivity contribution < 1.29 is 14.7 Å². The number of aromatic nitrogens is 2. The summed E-state index contributed by atoms with van der Waals surface area (Å²) >= 11 is 6.25. The molecule has 6 nitrogen and oxygen atoms in total. The second-order valence-corrected chi connectivity index (χ2v) is 10.1. The number of carboxylic acid groups (broad SMARTS) is 1. The third-order valence-electron chi connectivity index (χ3n) is 7.28. The van der Waals surface area contributed by atoms with Crippen molar-refractivity contribution >= 4 is 34.4 Å². The van der Waals surface area contributed by atoms with E-state index >= 15 is 0 Å². The Hall–Kier alpha value is -4.42. The van der Waals surface area contributed by atoms with Gasteiger partial charge in [0, 0.05) is 41.1 Å². The molecule has 0 fully saturated rings. The first-order chi connectivity index (χ1) is 18.7. The van der Waals surface area contributed by atoms with Crippen LogP contribution in [0.1, 0.15) is 56.1 Å². The Bertz CT molecular complexity index is 1710. The van der Waals surface area contributed by atoms with Crippen LogP contribution in [-0.4, -0.2) is 26.5 Å². The van der Waals surface area contributed by atoms with E-state index in [9.17, 15) is 14.7 Å². The highest BCUT2D eigenvalue weighted by Crippen LogP contribution is 2.29. The minimum atomic E-state index is -0.941. The van der Waals surface area contributed by atoms with E-state index in [0.29, 0.717) is 22.7 Å². The Balaban J connectivity index is 1.39. The lowest BCUT2D eigenvalue weighted by Crippen LogP contribution is -2.26. The molecule has 5 rings (SSSR count). The quantitative estimate of drug-likeness (QED) is 0.230. The topological polar surface area (TPSA) is 84.2 Å². The molecular formula is C32H28ClN3O3. The van der Waals surface area contributed by atoms with Gasteiger partial charge in [-0.05, 0) is 78.9 Å². The fourth-order valence-corrected chi connectivity index (χ4v) is 5.27. The number of pyridine rings is 1. The Morgan fingerprint density at radius 3 is 2.49 bits per heavy atom. The second kappa shape index (κ2) is 10.8. The molecule has 5 aromatic rings. The number of nitrogens with one attached hydrogen (secondary N) is 1. The standard InChI is InChI=1S/C32H28ClN3O3/c1-19-21(3)36(18-22-8-10-23(11-9-22)26-6-4-5-7-27(26)32(38)39)30-13-12-24(16-28(19)30)31(37)35-20(2)25-14-15-34-17-29(25)33/h4-17,20H,18H2,1-3H3,(H,35,37)(H,38,39). The van der Waals surface area contributed by atoms with E-state index in [0.717, 1.165) is 38.9 Å². The van der Waals surface area contributed by atoms with Crippen LogP contribution in [0.3, 0.4) is 0 Å². The van der Waals surface area contributed by atoms with E-state index in [4.69, 9.17) is 11.6 Å². The third kappa shape index (κ3) is 5.16. The van der Waals surface area contributed by atoms with Gasteiger partial charge in [-0.2, -0.15) is 0 Å². The van der Waals surface area contributed by atoms with Gasteiger partial charge in [-0.3, -0.25) is 9.78 Å². The lowest BCUT2D eigenvalue weighted by atomic mass is 9.99. The second-order valence-electron chi connectivity index (χ2n) is 9.67. The van der Waals surface area contributed by atoms with E-state index in [-0.39, 0.29) is 17.5 Å². The highest BCUT2D eigenvalue weighted by Gasteiger charge is 2.17. The molecule has 39 heavy (non-hydrogen) atoms. The molecule has 0 saturated carbocycles. The first-order valence-electron chi connectivity index (χ1n) is 12.7. The fourth-order valence-electron chi connectivity index (χ4n) is 4.98. The normalized spacial score (nSPS) is 11.9. The van der Waals surface area contributed by atoms with Crippen LogP contribution in [0, 0.1) is 13.8 Å². The molecule has 1 unspecified atom stereocenters. The fraction of sp³-hybridized carbons (Fsp3) is 0.156. The van der Waals surface area contributed by atoms with Gasteiger partial charge in [0.05, 0.1) is 16.6 Å². The van der Waals surface area contributed by atoms with Gasteiger partial charge in [-0.15, -0.1) is 0 Å². The molecule has 1 atom stereocenters. The zero-order valence-corrected chi connectivity index (χ0v) is 22.7. The summed E-state index contributed by atoms with van der Waals surface area (Å²) < 4.78 is 2.24. The zero-order valence-electron chi connectivity index (χ0n) is 21.9. The van der Waals surface area contributed by atoms with Crippen molar-refractivity contribution in [3.8, 4) is 11.1 Å². The first kappa shape index (κ1) is 26.2. The number of halogens is 1. The lowest BCUT2D eigenvalue weighted by Gasteiger charge is -2.15. The van der Waals surface area contributed by atoms with Gasteiger partial charge in [0.15, 0.2) is 0 Å². The Labute approximate surface area is 231 Å². The third-order valence-corrected chi connectivity index (χ3v) is 7.60. The van der Waals surface area contributed by atoms with Gasteiger partial charge in [0.1, 0.15) is 0 Å². The van der Waals surface area contributed by atoms with E-state index in [1.807, 2.05) is 67.6 Å². The maximum Gasteiger partial charge on any atom is 0.336 e. The molecule has 1 amide bonds. The van der Waals surface area contributed by atoms with Crippen LogP contribution in [0.2, 0.25) is 5.02 Å². The van der Waals surface area contributed by atoms with Crippen LogP contribution in [-0.2, 0) is 6.54 Å². The molecule has 2 aromatic heterocycles. The van der Waals surface area contributed by atoms with Crippen molar-refractivity contribution in [1.29, 1.82) is 0 Å². The summed E-state index contributed by atoms with van der Waals surface area (Å²) in [5.41, 5.74) is 7.63. The maximum absolute atomic E-state index is 13.1. The Morgan fingerprint density at radius 2 is 1.77 bits per heavy atom. The molecular weight excluding hydrogens is 510 g/mol. The zero-order chi connectivity index (χ0) is 27.7. The number of rotatable bonds is 7. The van der Waals surface area contributed by atoms with E-state index in [2.05, 4.69) is 28.7 Å². The summed E-state index contributed by atoms with van der Waals surface area (Å²) in [5, 5.41) is 14.1. The molecule has 0 aliphatic rings. The van der Waals surface area contributed by atoms with Crippen molar-refractivity contribution in [2.24, 2.45) is 0 Å². The SMILES string of the molecule is Cc1c(C)n(Cc2ccc(-c3ccccc3C(=O)O)cc2)c2ccc(C(=O)NC(C)c3ccncc3Cl)cc12. The molecule has 7 heteroatoms. The van der Waals surface area contributed by atoms with Crippen LogP contribution in [0.25, 0.3) is 22.0 Å². The number of aryl methyl sites for hydroxylation is 1. The van der Waals surface area contributed by atoms with Crippen molar-refractivity contribution in [3.05, 3.63) is 124 Å². The van der Waals surface area contributed by atoms with Gasteiger partial charge in [0.25, 0.3) is 5.91 Å². The summed E-state index contributed by atoms with van der Waals surface area (Å²) in [6.45, 7) is 6.70. The number of carboxylic acids is 1. The average molecular weight is 538 g/mol. The summed E-state index contributed by atoms with van der Waals surface area (Å²) in [4.78, 5) is 28.7. The highest BCUT2D eigenvalue weighted by atomic mass is 35.5. The maximum atomic E-state index is 13.1. The summed E-state index contributed by atoms with van der Waals surface area (Å²) in [5.74, 6) is -1.11.